The van der Waals surface area contributed by atoms with Crippen LogP contribution in [0.25, 0.3) is 0 Å². The molecule has 2 unspecified atom stereocenters. The van der Waals surface area contributed by atoms with E-state index < -0.39 is 5.91 Å². The minimum atomic E-state index is -0.503. The second-order valence-corrected chi connectivity index (χ2v) is 4.97. The van der Waals surface area contributed by atoms with Crippen molar-refractivity contribution in [3.05, 3.63) is 24.2 Å². The van der Waals surface area contributed by atoms with Crippen molar-refractivity contribution in [1.82, 2.24) is 10.2 Å². The third kappa shape index (κ3) is 3.42. The first-order chi connectivity index (χ1) is 9.10. The standard InChI is InChI=1S/C13H19N3O3/c1-9-5-10(6-14)7-16(9)8-12(17)15-13(18)11-3-2-4-19-11/h2-4,9-10H,5-8,14H2,1H3,(H,15,17,18). The summed E-state index contributed by atoms with van der Waals surface area (Å²) in [5.74, 6) is -0.241. The Kier molecular flexibility index (Phi) is 4.34. The van der Waals surface area contributed by atoms with Crippen LogP contribution in [-0.4, -0.2) is 42.4 Å². The van der Waals surface area contributed by atoms with Gasteiger partial charge in [0.2, 0.25) is 5.91 Å². The van der Waals surface area contributed by atoms with E-state index in [4.69, 9.17) is 10.2 Å². The van der Waals surface area contributed by atoms with Gasteiger partial charge in [-0.15, -0.1) is 0 Å². The van der Waals surface area contributed by atoms with E-state index in [1.807, 2.05) is 4.90 Å². The lowest BCUT2D eigenvalue weighted by molar-refractivity contribution is -0.121. The zero-order valence-electron chi connectivity index (χ0n) is 11.0. The van der Waals surface area contributed by atoms with E-state index in [9.17, 15) is 9.59 Å². The van der Waals surface area contributed by atoms with Crippen LogP contribution in [0.3, 0.4) is 0 Å². The molecule has 104 valence electrons. The second-order valence-electron chi connectivity index (χ2n) is 4.97. The lowest BCUT2D eigenvalue weighted by Crippen LogP contribution is -2.41. The number of hydrogen-bond donors (Lipinski definition) is 2. The molecular weight excluding hydrogens is 246 g/mol. The maximum Gasteiger partial charge on any atom is 0.293 e. The molecule has 1 fully saturated rings. The fourth-order valence-corrected chi connectivity index (χ4v) is 2.43. The predicted molar refractivity (Wildman–Crippen MR) is 69.4 cm³/mol. The monoisotopic (exact) mass is 265 g/mol. The summed E-state index contributed by atoms with van der Waals surface area (Å²) in [6.07, 6.45) is 2.39. The van der Waals surface area contributed by atoms with Crippen LogP contribution in [0.1, 0.15) is 23.9 Å². The molecule has 2 amide bonds. The van der Waals surface area contributed by atoms with Crippen LogP contribution in [-0.2, 0) is 4.79 Å². The SMILES string of the molecule is CC1CC(CN)CN1CC(=O)NC(=O)c1ccco1. The lowest BCUT2D eigenvalue weighted by atomic mass is 10.1. The number of imide groups is 1. The molecule has 1 aromatic rings. The van der Waals surface area contributed by atoms with Crippen molar-refractivity contribution >= 4 is 11.8 Å². The summed E-state index contributed by atoms with van der Waals surface area (Å²) in [6.45, 7) is 3.72. The second kappa shape index (κ2) is 5.99. The van der Waals surface area contributed by atoms with Gasteiger partial charge in [0.25, 0.3) is 5.91 Å². The molecule has 1 aliphatic rings. The number of nitrogens with one attached hydrogen (secondary N) is 1. The van der Waals surface area contributed by atoms with Gasteiger partial charge in [0.05, 0.1) is 12.8 Å². The first-order valence-electron chi connectivity index (χ1n) is 6.42. The maximum absolute atomic E-state index is 11.8. The quantitative estimate of drug-likeness (QED) is 0.812. The van der Waals surface area contributed by atoms with Gasteiger partial charge >= 0.3 is 0 Å². The Bertz CT molecular complexity index is 444. The number of hydrogen-bond acceptors (Lipinski definition) is 5. The van der Waals surface area contributed by atoms with Crippen LogP contribution >= 0.6 is 0 Å². The van der Waals surface area contributed by atoms with Gasteiger partial charge in [0.15, 0.2) is 5.76 Å². The number of furan rings is 1. The van der Waals surface area contributed by atoms with Crippen LogP contribution in [0, 0.1) is 5.92 Å². The molecule has 2 atom stereocenters. The normalized spacial score (nSPS) is 23.5. The van der Waals surface area contributed by atoms with Gasteiger partial charge in [-0.25, -0.2) is 0 Å². The van der Waals surface area contributed by atoms with Gasteiger partial charge < -0.3 is 10.2 Å². The van der Waals surface area contributed by atoms with Gasteiger partial charge in [-0.2, -0.15) is 0 Å². The van der Waals surface area contributed by atoms with E-state index >= 15 is 0 Å². The molecule has 19 heavy (non-hydrogen) atoms. The molecule has 3 N–H and O–H groups in total. The molecule has 0 bridgehead atoms. The molecule has 0 aliphatic carbocycles. The van der Waals surface area contributed by atoms with Crippen LogP contribution in [0.5, 0.6) is 0 Å². The van der Waals surface area contributed by atoms with Crippen molar-refractivity contribution in [2.75, 3.05) is 19.6 Å². The van der Waals surface area contributed by atoms with Crippen LogP contribution in [0.4, 0.5) is 0 Å². The highest BCUT2D eigenvalue weighted by Gasteiger charge is 2.29. The summed E-state index contributed by atoms with van der Waals surface area (Å²) < 4.78 is 4.93. The van der Waals surface area contributed by atoms with E-state index in [2.05, 4.69) is 12.2 Å². The van der Waals surface area contributed by atoms with Gasteiger partial charge in [-0.1, -0.05) is 0 Å². The first kappa shape index (κ1) is 13.8. The van der Waals surface area contributed by atoms with Crippen LogP contribution < -0.4 is 11.1 Å². The fourth-order valence-electron chi connectivity index (χ4n) is 2.43. The predicted octanol–water partition coefficient (Wildman–Crippen LogP) is 0.205. The van der Waals surface area contributed by atoms with Gasteiger partial charge in [0.1, 0.15) is 0 Å². The number of carbonyl (C=O) groups excluding carboxylic acids is 2. The summed E-state index contributed by atoms with van der Waals surface area (Å²) in [7, 11) is 0. The van der Waals surface area contributed by atoms with Crippen molar-refractivity contribution in [3.63, 3.8) is 0 Å². The number of nitrogens with zero attached hydrogens (tertiary/aromatic N) is 1. The maximum atomic E-state index is 11.8. The summed E-state index contributed by atoms with van der Waals surface area (Å²) in [5.41, 5.74) is 5.64. The van der Waals surface area contributed by atoms with E-state index in [0.29, 0.717) is 18.5 Å². The van der Waals surface area contributed by atoms with Gasteiger partial charge in [-0.05, 0) is 37.9 Å². The Morgan fingerprint density at radius 2 is 2.37 bits per heavy atom. The molecule has 0 aromatic carbocycles. The average molecular weight is 265 g/mol. The Morgan fingerprint density at radius 3 is 2.95 bits per heavy atom. The third-order valence-corrected chi connectivity index (χ3v) is 3.47. The number of nitrogens with two attached hydrogens (primary N) is 1. The highest BCUT2D eigenvalue weighted by Crippen LogP contribution is 2.21. The van der Waals surface area contributed by atoms with Crippen molar-refractivity contribution in [2.45, 2.75) is 19.4 Å². The number of rotatable bonds is 4. The average Bonchev–Trinajstić information content (AvgIpc) is 2.99. The third-order valence-electron chi connectivity index (χ3n) is 3.47. The van der Waals surface area contributed by atoms with E-state index in [1.165, 1.54) is 12.3 Å². The fraction of sp³-hybridized carbons (Fsp3) is 0.538. The largest absolute Gasteiger partial charge is 0.459 e. The Morgan fingerprint density at radius 1 is 1.58 bits per heavy atom. The molecule has 0 spiro atoms. The van der Waals surface area contributed by atoms with Crippen LogP contribution in [0.15, 0.2) is 22.8 Å². The smallest absolute Gasteiger partial charge is 0.293 e. The van der Waals surface area contributed by atoms with Gasteiger partial charge in [0, 0.05) is 12.6 Å². The topological polar surface area (TPSA) is 88.6 Å². The van der Waals surface area contributed by atoms with E-state index in [0.717, 1.165) is 13.0 Å². The Labute approximate surface area is 111 Å². The minimum Gasteiger partial charge on any atom is -0.459 e. The molecule has 0 radical (unpaired) electrons. The van der Waals surface area contributed by atoms with E-state index in [-0.39, 0.29) is 18.2 Å². The number of amides is 2. The zero-order valence-corrected chi connectivity index (χ0v) is 11.0. The molecule has 2 rings (SSSR count). The van der Waals surface area contributed by atoms with Crippen molar-refractivity contribution < 1.29 is 14.0 Å². The molecule has 2 heterocycles. The molecule has 1 saturated heterocycles. The molecule has 1 aliphatic heterocycles. The van der Waals surface area contributed by atoms with Crippen LogP contribution in [0.2, 0.25) is 0 Å². The molecule has 6 nitrogen and oxygen atoms in total. The Balaban J connectivity index is 1.83. The van der Waals surface area contributed by atoms with Crippen molar-refractivity contribution in [1.29, 1.82) is 0 Å². The first-order valence-corrected chi connectivity index (χ1v) is 6.42. The number of carbonyl (C=O) groups is 2. The molecule has 6 heteroatoms. The van der Waals surface area contributed by atoms with E-state index in [1.54, 1.807) is 6.07 Å². The highest BCUT2D eigenvalue weighted by molar-refractivity contribution is 6.03. The Hall–Kier alpha value is -1.66. The number of likely N-dealkylation sites (tertiary alicyclic amines) is 1. The summed E-state index contributed by atoms with van der Waals surface area (Å²) in [6, 6.07) is 3.44. The lowest BCUT2D eigenvalue weighted by Gasteiger charge is -2.19. The molecule has 1 aromatic heterocycles. The summed E-state index contributed by atoms with van der Waals surface area (Å²) in [5, 5.41) is 2.32. The summed E-state index contributed by atoms with van der Waals surface area (Å²) in [4.78, 5) is 25.5. The van der Waals surface area contributed by atoms with Gasteiger partial charge in [-0.3, -0.25) is 19.8 Å². The van der Waals surface area contributed by atoms with Crippen molar-refractivity contribution in [2.24, 2.45) is 11.7 Å². The summed E-state index contributed by atoms with van der Waals surface area (Å²) >= 11 is 0. The van der Waals surface area contributed by atoms with Crippen molar-refractivity contribution in [3.8, 4) is 0 Å². The zero-order chi connectivity index (χ0) is 13.8. The minimum absolute atomic E-state index is 0.141. The molecular formula is C13H19N3O3. The highest BCUT2D eigenvalue weighted by atomic mass is 16.3. The molecule has 0 saturated carbocycles.